The standard InChI is InChI=1S/C48H40N4O9S/c1-59-26-27-60-47(58)51-36-24-19-29(12-10-11-25-53)28-34(36)48(45(51)57)38(43(55)50-46-49-35-17-8-9-18-37(35)62-46)40-44(56)61-41(31-15-6-3-7-16-31)39(30-13-4-2-5-14-30)52(40)42(48)32-20-22-33(54)23-21-32/h2-9,13-24,28,38-42,53-54H,11,25-27H2,1H3,(H,49,50,55)/t38-,39-,40-,41+,42+,48-/m0/s1. The van der Waals surface area contributed by atoms with Crippen molar-refractivity contribution in [2.24, 2.45) is 5.92 Å². The molecule has 3 aliphatic heterocycles. The lowest BCUT2D eigenvalue weighted by atomic mass is 9.65. The molecule has 0 aliphatic carbocycles. The number of nitrogens with one attached hydrogen (secondary N) is 1. The van der Waals surface area contributed by atoms with Crippen molar-refractivity contribution in [1.82, 2.24) is 9.88 Å². The summed E-state index contributed by atoms with van der Waals surface area (Å²) < 4.78 is 18.1. The minimum atomic E-state index is -2.07. The van der Waals surface area contributed by atoms with Gasteiger partial charge in [-0.25, -0.2) is 14.7 Å². The molecule has 13 nitrogen and oxygen atoms in total. The van der Waals surface area contributed by atoms with E-state index < -0.39 is 59.4 Å². The number of amides is 3. The monoisotopic (exact) mass is 848 g/mol. The van der Waals surface area contributed by atoms with Gasteiger partial charge in [0.2, 0.25) is 11.8 Å². The van der Waals surface area contributed by atoms with Gasteiger partial charge in [-0.1, -0.05) is 108 Å². The van der Waals surface area contributed by atoms with E-state index in [1.165, 1.54) is 30.6 Å². The lowest BCUT2D eigenvalue weighted by molar-refractivity contribution is -0.177. The lowest BCUT2D eigenvalue weighted by Gasteiger charge is -2.46. The third-order valence-electron chi connectivity index (χ3n) is 11.6. The number of carbonyl (C=O) groups is 4. The van der Waals surface area contributed by atoms with E-state index in [0.717, 1.165) is 15.2 Å². The van der Waals surface area contributed by atoms with Gasteiger partial charge < -0.3 is 29.7 Å². The fourth-order valence-corrected chi connectivity index (χ4v) is 10.1. The van der Waals surface area contributed by atoms with E-state index in [1.807, 2.05) is 89.8 Å². The Kier molecular flexibility index (Phi) is 11.0. The second-order valence-electron chi connectivity index (χ2n) is 15.1. The summed E-state index contributed by atoms with van der Waals surface area (Å²) in [6, 6.07) is 33.8. The number of nitrogens with zero attached hydrogens (tertiary/aromatic N) is 3. The predicted molar refractivity (Wildman–Crippen MR) is 230 cm³/mol. The molecule has 2 saturated heterocycles. The van der Waals surface area contributed by atoms with E-state index in [4.69, 9.17) is 14.2 Å². The molecule has 1 aromatic heterocycles. The van der Waals surface area contributed by atoms with Gasteiger partial charge in [0.1, 0.15) is 29.9 Å². The van der Waals surface area contributed by atoms with Crippen molar-refractivity contribution in [2.45, 2.75) is 36.1 Å². The Labute approximate surface area is 360 Å². The van der Waals surface area contributed by atoms with Crippen LogP contribution in [0.2, 0.25) is 0 Å². The highest BCUT2D eigenvalue weighted by atomic mass is 32.1. The first-order valence-corrected chi connectivity index (χ1v) is 20.9. The van der Waals surface area contributed by atoms with Crippen LogP contribution in [0.4, 0.5) is 15.6 Å². The summed E-state index contributed by atoms with van der Waals surface area (Å²) in [6.07, 6.45) is -1.76. The Balaban J connectivity index is 1.35. The largest absolute Gasteiger partial charge is 0.508 e. The van der Waals surface area contributed by atoms with Crippen LogP contribution in [0.3, 0.4) is 0 Å². The summed E-state index contributed by atoms with van der Waals surface area (Å²) in [4.78, 5) is 68.8. The van der Waals surface area contributed by atoms with Crippen molar-refractivity contribution in [2.75, 3.05) is 37.1 Å². The molecule has 14 heteroatoms. The van der Waals surface area contributed by atoms with E-state index >= 15 is 14.4 Å². The van der Waals surface area contributed by atoms with Gasteiger partial charge in [-0.05, 0) is 64.7 Å². The number of anilines is 2. The number of methoxy groups -OCH3 is 1. The van der Waals surface area contributed by atoms with Crippen molar-refractivity contribution >= 4 is 56.2 Å². The van der Waals surface area contributed by atoms with Crippen LogP contribution >= 0.6 is 11.3 Å². The SMILES string of the molecule is COCCOC(=O)N1C(=O)[C@@]2(c3cc(C#CCCO)ccc31)[C@H](C(=O)Nc1nc3ccccc3s1)[C@H]1C(=O)O[C@H](c3ccccc3)[C@H](c3ccccc3)N1[C@@H]2c1ccc(O)cc1. The van der Waals surface area contributed by atoms with Gasteiger partial charge in [0.25, 0.3) is 0 Å². The molecule has 3 aliphatic rings. The van der Waals surface area contributed by atoms with Crippen LogP contribution in [0.15, 0.2) is 127 Å². The molecule has 312 valence electrons. The summed E-state index contributed by atoms with van der Waals surface area (Å²) in [5.41, 5.74) is 1.27. The number of imide groups is 1. The maximum Gasteiger partial charge on any atom is 0.421 e. The molecule has 62 heavy (non-hydrogen) atoms. The van der Waals surface area contributed by atoms with Gasteiger partial charge in [-0.3, -0.25) is 19.3 Å². The molecule has 6 atom stereocenters. The molecule has 0 saturated carbocycles. The number of hydrogen-bond donors (Lipinski definition) is 3. The van der Waals surface area contributed by atoms with E-state index in [9.17, 15) is 15.0 Å². The van der Waals surface area contributed by atoms with E-state index in [2.05, 4.69) is 22.1 Å². The summed E-state index contributed by atoms with van der Waals surface area (Å²) in [6.45, 7) is -0.304. The van der Waals surface area contributed by atoms with Crippen LogP contribution in [-0.2, 0) is 34.0 Å². The molecule has 1 spiro atoms. The summed E-state index contributed by atoms with van der Waals surface area (Å²) >= 11 is 1.24. The second-order valence-corrected chi connectivity index (χ2v) is 16.1. The van der Waals surface area contributed by atoms with Crippen molar-refractivity contribution in [3.05, 3.63) is 155 Å². The first-order chi connectivity index (χ1) is 30.3. The Morgan fingerprint density at radius 3 is 2.29 bits per heavy atom. The molecule has 2 fully saturated rings. The van der Waals surface area contributed by atoms with Gasteiger partial charge in [0.15, 0.2) is 5.13 Å². The van der Waals surface area contributed by atoms with Crippen molar-refractivity contribution in [1.29, 1.82) is 0 Å². The first kappa shape index (κ1) is 40.5. The number of cyclic esters (lactones) is 1. The maximum atomic E-state index is 16.1. The highest BCUT2D eigenvalue weighted by molar-refractivity contribution is 7.22. The number of aliphatic hydroxyl groups is 1. The van der Waals surface area contributed by atoms with Crippen LogP contribution in [0.5, 0.6) is 5.75 Å². The van der Waals surface area contributed by atoms with Gasteiger partial charge in [0.05, 0.1) is 47.1 Å². The second kappa shape index (κ2) is 16.9. The zero-order valence-corrected chi connectivity index (χ0v) is 34.2. The summed E-state index contributed by atoms with van der Waals surface area (Å²) in [5.74, 6) is 2.08. The normalized spacial score (nSPS) is 22.7. The smallest absolute Gasteiger partial charge is 0.421 e. The lowest BCUT2D eigenvalue weighted by Crippen LogP contribution is -2.54. The topological polar surface area (TPSA) is 168 Å². The summed E-state index contributed by atoms with van der Waals surface area (Å²) in [5, 5.41) is 23.4. The van der Waals surface area contributed by atoms with Gasteiger partial charge in [0, 0.05) is 19.1 Å². The molecule has 0 bridgehead atoms. The zero-order chi connectivity index (χ0) is 43.0. The third-order valence-corrected chi connectivity index (χ3v) is 12.6. The third kappa shape index (κ3) is 6.85. The molecule has 9 rings (SSSR count). The van der Waals surface area contributed by atoms with Crippen molar-refractivity contribution < 1.29 is 43.6 Å². The van der Waals surface area contributed by atoms with E-state index in [-0.39, 0.29) is 48.4 Å². The van der Waals surface area contributed by atoms with Crippen molar-refractivity contribution in [3.63, 3.8) is 0 Å². The van der Waals surface area contributed by atoms with Gasteiger partial charge in [-0.15, -0.1) is 0 Å². The molecule has 0 unspecified atom stereocenters. The Bertz CT molecular complexity index is 2700. The van der Waals surface area contributed by atoms with Gasteiger partial charge >= 0.3 is 12.1 Å². The molecule has 5 aromatic carbocycles. The number of rotatable bonds is 9. The van der Waals surface area contributed by atoms with E-state index in [0.29, 0.717) is 22.2 Å². The molecule has 4 heterocycles. The van der Waals surface area contributed by atoms with Crippen LogP contribution in [-0.4, -0.2) is 76.9 Å². The number of fused-ring (bicyclic) bond motifs is 4. The number of aromatic nitrogens is 1. The number of thiazole rings is 1. The number of ether oxygens (including phenoxy) is 3. The van der Waals surface area contributed by atoms with Crippen LogP contribution in [0, 0.1) is 17.8 Å². The van der Waals surface area contributed by atoms with Crippen LogP contribution in [0.1, 0.15) is 52.4 Å². The number of phenolic OH excluding ortho intramolecular Hbond substituents is 1. The number of phenols is 1. The number of hydrogen-bond acceptors (Lipinski definition) is 12. The number of aliphatic hydroxyl groups excluding tert-OH is 1. The van der Waals surface area contributed by atoms with Crippen LogP contribution < -0.4 is 10.2 Å². The Morgan fingerprint density at radius 1 is 0.871 bits per heavy atom. The number of morpholine rings is 1. The Morgan fingerprint density at radius 2 is 1.58 bits per heavy atom. The van der Waals surface area contributed by atoms with Crippen molar-refractivity contribution in [3.8, 4) is 17.6 Å². The molecular formula is C48H40N4O9S. The first-order valence-electron chi connectivity index (χ1n) is 20.0. The highest BCUT2D eigenvalue weighted by Crippen LogP contribution is 2.66. The number of esters is 1. The number of para-hydroxylation sites is 1. The zero-order valence-electron chi connectivity index (χ0n) is 33.3. The minimum absolute atomic E-state index is 0.0507. The van der Waals surface area contributed by atoms with E-state index in [1.54, 1.807) is 30.3 Å². The average Bonchev–Trinajstić information content (AvgIpc) is 3.93. The number of benzene rings is 5. The fraction of sp³-hybridized carbons (Fsp3) is 0.229. The highest BCUT2D eigenvalue weighted by Gasteiger charge is 2.75. The Hall–Kier alpha value is -6.89. The molecule has 0 radical (unpaired) electrons. The van der Waals surface area contributed by atoms with Gasteiger partial charge in [-0.2, -0.15) is 0 Å². The predicted octanol–water partition coefficient (Wildman–Crippen LogP) is 6.82. The maximum absolute atomic E-state index is 16.1. The molecule has 6 aromatic rings. The quantitative estimate of drug-likeness (QED) is 0.0794. The minimum Gasteiger partial charge on any atom is -0.508 e. The average molecular weight is 849 g/mol. The number of aromatic hydroxyl groups is 1. The van der Waals surface area contributed by atoms with Crippen LogP contribution in [0.25, 0.3) is 10.2 Å². The molecule has 3 N–H and O–H groups in total. The number of carbonyl (C=O) groups excluding carboxylic acids is 4. The fourth-order valence-electron chi connectivity index (χ4n) is 9.23. The summed E-state index contributed by atoms with van der Waals surface area (Å²) in [7, 11) is 1.45. The molecular weight excluding hydrogens is 809 g/mol. The molecule has 3 amide bonds.